The minimum absolute atomic E-state index is 0.0312. The number of amides is 1. The van der Waals surface area contributed by atoms with Crippen LogP contribution in [0.3, 0.4) is 0 Å². The molecule has 0 aliphatic heterocycles. The SMILES string of the molecule is O=C(COC(=O)c1cn2ccccc2n1)Nc1ccc(OC(F)F)cc1. The number of halogens is 2. The van der Waals surface area contributed by atoms with Crippen LogP contribution in [0.4, 0.5) is 14.5 Å². The van der Waals surface area contributed by atoms with E-state index in [0.717, 1.165) is 0 Å². The van der Waals surface area contributed by atoms with Gasteiger partial charge in [-0.05, 0) is 36.4 Å². The average Bonchev–Trinajstić information content (AvgIpc) is 3.05. The molecule has 3 aromatic rings. The molecule has 7 nitrogen and oxygen atoms in total. The lowest BCUT2D eigenvalue weighted by Gasteiger charge is -2.07. The number of fused-ring (bicyclic) bond motifs is 1. The number of rotatable bonds is 6. The molecular formula is C17H13F2N3O4. The lowest BCUT2D eigenvalue weighted by Crippen LogP contribution is -2.21. The van der Waals surface area contributed by atoms with Crippen molar-refractivity contribution < 1.29 is 27.8 Å². The number of anilines is 1. The van der Waals surface area contributed by atoms with E-state index in [1.54, 1.807) is 28.8 Å². The molecule has 0 aliphatic carbocycles. The molecule has 1 amide bonds. The van der Waals surface area contributed by atoms with Crippen molar-refractivity contribution in [2.24, 2.45) is 0 Å². The lowest BCUT2D eigenvalue weighted by molar-refractivity contribution is -0.119. The molecule has 2 heterocycles. The first-order valence-electron chi connectivity index (χ1n) is 7.47. The van der Waals surface area contributed by atoms with Crippen LogP contribution >= 0.6 is 0 Å². The van der Waals surface area contributed by atoms with Gasteiger partial charge in [0.15, 0.2) is 12.3 Å². The molecule has 0 radical (unpaired) electrons. The Hall–Kier alpha value is -3.49. The van der Waals surface area contributed by atoms with Crippen molar-refractivity contribution in [3.05, 3.63) is 60.6 Å². The molecule has 0 saturated carbocycles. The summed E-state index contributed by atoms with van der Waals surface area (Å²) in [7, 11) is 0. The summed E-state index contributed by atoms with van der Waals surface area (Å²) < 4.78 is 34.9. The number of hydrogen-bond donors (Lipinski definition) is 1. The molecule has 1 N–H and O–H groups in total. The summed E-state index contributed by atoms with van der Waals surface area (Å²) in [6.45, 7) is -3.43. The first-order valence-corrected chi connectivity index (χ1v) is 7.47. The summed E-state index contributed by atoms with van der Waals surface area (Å²) in [5.74, 6) is -1.34. The molecule has 1 aromatic carbocycles. The van der Waals surface area contributed by atoms with Crippen molar-refractivity contribution >= 4 is 23.2 Å². The minimum atomic E-state index is -2.92. The topological polar surface area (TPSA) is 81.9 Å². The number of benzene rings is 1. The van der Waals surface area contributed by atoms with Gasteiger partial charge in [0.2, 0.25) is 0 Å². The second kappa shape index (κ2) is 7.60. The number of alkyl halides is 2. The number of carbonyl (C=O) groups excluding carboxylic acids is 2. The van der Waals surface area contributed by atoms with Gasteiger partial charge in [-0.25, -0.2) is 9.78 Å². The van der Waals surface area contributed by atoms with E-state index in [1.807, 2.05) is 0 Å². The summed E-state index contributed by atoms with van der Waals surface area (Å²) in [4.78, 5) is 27.9. The summed E-state index contributed by atoms with van der Waals surface area (Å²) in [5.41, 5.74) is 1.01. The van der Waals surface area contributed by atoms with Crippen LogP contribution in [-0.4, -0.2) is 34.5 Å². The van der Waals surface area contributed by atoms with Gasteiger partial charge in [0, 0.05) is 18.1 Å². The van der Waals surface area contributed by atoms with E-state index in [0.29, 0.717) is 11.3 Å². The number of esters is 1. The summed E-state index contributed by atoms with van der Waals surface area (Å²) in [5, 5.41) is 2.47. The van der Waals surface area contributed by atoms with Crippen LogP contribution in [-0.2, 0) is 9.53 Å². The standard InChI is InChI=1S/C17H13F2N3O4/c18-17(19)26-12-6-4-11(5-7-12)20-15(23)10-25-16(24)13-9-22-8-2-1-3-14(22)21-13/h1-9,17H,10H2,(H,20,23). The van der Waals surface area contributed by atoms with Crippen LogP contribution in [0.1, 0.15) is 10.5 Å². The molecule has 0 aliphatic rings. The van der Waals surface area contributed by atoms with E-state index in [1.165, 1.54) is 30.5 Å². The molecule has 26 heavy (non-hydrogen) atoms. The zero-order valence-corrected chi connectivity index (χ0v) is 13.3. The van der Waals surface area contributed by atoms with Crippen molar-refractivity contribution in [2.75, 3.05) is 11.9 Å². The lowest BCUT2D eigenvalue weighted by atomic mass is 10.3. The first-order chi connectivity index (χ1) is 12.5. The van der Waals surface area contributed by atoms with Crippen LogP contribution in [0.5, 0.6) is 5.75 Å². The fourth-order valence-electron chi connectivity index (χ4n) is 2.15. The highest BCUT2D eigenvalue weighted by molar-refractivity contribution is 5.95. The second-order valence-corrected chi connectivity index (χ2v) is 5.12. The number of hydrogen-bond acceptors (Lipinski definition) is 5. The normalized spacial score (nSPS) is 10.7. The maximum absolute atomic E-state index is 12.1. The second-order valence-electron chi connectivity index (χ2n) is 5.12. The van der Waals surface area contributed by atoms with E-state index in [-0.39, 0.29) is 11.4 Å². The summed E-state index contributed by atoms with van der Waals surface area (Å²) in [6, 6.07) is 10.6. The van der Waals surface area contributed by atoms with Gasteiger partial charge in [-0.2, -0.15) is 8.78 Å². The number of ether oxygens (including phenoxy) is 2. The maximum atomic E-state index is 12.1. The van der Waals surface area contributed by atoms with Gasteiger partial charge >= 0.3 is 12.6 Å². The molecule has 0 atom stereocenters. The predicted molar refractivity (Wildman–Crippen MR) is 87.2 cm³/mol. The number of nitrogens with one attached hydrogen (secondary N) is 1. The number of aromatic nitrogens is 2. The van der Waals surface area contributed by atoms with Gasteiger partial charge in [0.25, 0.3) is 5.91 Å². The molecule has 0 saturated heterocycles. The molecule has 0 unspecified atom stereocenters. The Morgan fingerprint density at radius 1 is 1.15 bits per heavy atom. The highest BCUT2D eigenvalue weighted by Crippen LogP contribution is 2.17. The Labute approximate surface area is 146 Å². The van der Waals surface area contributed by atoms with Crippen molar-refractivity contribution in [3.8, 4) is 5.75 Å². The van der Waals surface area contributed by atoms with E-state index >= 15 is 0 Å². The number of carbonyl (C=O) groups is 2. The first kappa shape index (κ1) is 17.3. The Bertz CT molecular complexity index is 892. The van der Waals surface area contributed by atoms with Gasteiger partial charge in [0.05, 0.1) is 0 Å². The van der Waals surface area contributed by atoms with Crippen LogP contribution < -0.4 is 10.1 Å². The molecule has 134 valence electrons. The van der Waals surface area contributed by atoms with Gasteiger partial charge in [-0.1, -0.05) is 6.07 Å². The maximum Gasteiger partial charge on any atom is 0.387 e. The number of nitrogens with zero attached hydrogens (tertiary/aromatic N) is 2. The Morgan fingerprint density at radius 3 is 2.62 bits per heavy atom. The monoisotopic (exact) mass is 361 g/mol. The van der Waals surface area contributed by atoms with E-state index < -0.39 is 25.1 Å². The highest BCUT2D eigenvalue weighted by Gasteiger charge is 2.14. The fraction of sp³-hybridized carbons (Fsp3) is 0.118. The fourth-order valence-corrected chi connectivity index (χ4v) is 2.15. The number of imidazole rings is 1. The van der Waals surface area contributed by atoms with Crippen molar-refractivity contribution in [2.45, 2.75) is 6.61 Å². The third-order valence-corrected chi connectivity index (χ3v) is 3.27. The summed E-state index contributed by atoms with van der Waals surface area (Å²) in [6.07, 6.45) is 3.23. The zero-order chi connectivity index (χ0) is 18.5. The van der Waals surface area contributed by atoms with Gasteiger partial charge in [-0.3, -0.25) is 4.79 Å². The molecule has 3 rings (SSSR count). The molecule has 2 aromatic heterocycles. The minimum Gasteiger partial charge on any atom is -0.451 e. The van der Waals surface area contributed by atoms with E-state index in [2.05, 4.69) is 15.0 Å². The largest absolute Gasteiger partial charge is 0.451 e. The van der Waals surface area contributed by atoms with Crippen LogP contribution in [0, 0.1) is 0 Å². The van der Waals surface area contributed by atoms with Crippen molar-refractivity contribution in [3.63, 3.8) is 0 Å². The third-order valence-electron chi connectivity index (χ3n) is 3.27. The Balaban J connectivity index is 1.52. The van der Waals surface area contributed by atoms with Gasteiger partial charge in [-0.15, -0.1) is 0 Å². The average molecular weight is 361 g/mol. The third kappa shape index (κ3) is 4.32. The van der Waals surface area contributed by atoms with Crippen molar-refractivity contribution in [1.82, 2.24) is 9.38 Å². The molecule has 0 fully saturated rings. The highest BCUT2D eigenvalue weighted by atomic mass is 19.3. The van der Waals surface area contributed by atoms with Gasteiger partial charge in [0.1, 0.15) is 11.4 Å². The van der Waals surface area contributed by atoms with Crippen LogP contribution in [0.15, 0.2) is 54.9 Å². The summed E-state index contributed by atoms with van der Waals surface area (Å²) >= 11 is 0. The van der Waals surface area contributed by atoms with Crippen LogP contribution in [0.25, 0.3) is 5.65 Å². The Morgan fingerprint density at radius 2 is 1.92 bits per heavy atom. The quantitative estimate of drug-likeness (QED) is 0.683. The molecule has 0 spiro atoms. The molecular weight excluding hydrogens is 348 g/mol. The van der Waals surface area contributed by atoms with E-state index in [4.69, 9.17) is 4.74 Å². The molecule has 9 heteroatoms. The predicted octanol–water partition coefficient (Wildman–Crippen LogP) is 2.73. The smallest absolute Gasteiger partial charge is 0.387 e. The van der Waals surface area contributed by atoms with Gasteiger partial charge < -0.3 is 19.2 Å². The number of pyridine rings is 1. The molecule has 0 bridgehead atoms. The van der Waals surface area contributed by atoms with E-state index in [9.17, 15) is 18.4 Å². The zero-order valence-electron chi connectivity index (χ0n) is 13.3. The van der Waals surface area contributed by atoms with Crippen LogP contribution in [0.2, 0.25) is 0 Å². The van der Waals surface area contributed by atoms with Crippen molar-refractivity contribution in [1.29, 1.82) is 0 Å². The Kier molecular flexibility index (Phi) is 5.07.